The summed E-state index contributed by atoms with van der Waals surface area (Å²) in [6.07, 6.45) is 4.11. The zero-order chi connectivity index (χ0) is 27.6. The number of hydrogen-bond acceptors (Lipinski definition) is 4. The Bertz CT molecular complexity index is 1780. The summed E-state index contributed by atoms with van der Waals surface area (Å²) >= 11 is 0. The van der Waals surface area contributed by atoms with E-state index in [-0.39, 0.29) is 23.3 Å². The minimum Gasteiger partial charge on any atom is -0.361 e. The number of amides is 2. The molecule has 5 aromatic rings. The molecule has 2 amide bonds. The summed E-state index contributed by atoms with van der Waals surface area (Å²) in [7, 11) is 0. The molecule has 0 aliphatic carbocycles. The number of nitrogens with one attached hydrogen (secondary N) is 3. The van der Waals surface area contributed by atoms with Gasteiger partial charge in [-0.1, -0.05) is 36.4 Å². The summed E-state index contributed by atoms with van der Waals surface area (Å²) in [5, 5.41) is 4.99. The molecule has 0 bridgehead atoms. The molecule has 0 atom stereocenters. The second-order valence-electron chi connectivity index (χ2n) is 10.4. The molecule has 1 aliphatic rings. The van der Waals surface area contributed by atoms with Gasteiger partial charge in [0.15, 0.2) is 0 Å². The summed E-state index contributed by atoms with van der Waals surface area (Å²) in [5.41, 5.74) is 5.28. The monoisotopic (exact) mass is 533 g/mol. The molecule has 4 heterocycles. The largest absolute Gasteiger partial charge is 0.361 e. The highest BCUT2D eigenvalue weighted by Crippen LogP contribution is 2.31. The lowest BCUT2D eigenvalue weighted by Crippen LogP contribution is -2.39. The van der Waals surface area contributed by atoms with Gasteiger partial charge in [-0.25, -0.2) is 0 Å². The zero-order valence-corrected chi connectivity index (χ0v) is 22.4. The Balaban J connectivity index is 1.14. The Labute approximate surface area is 231 Å². The van der Waals surface area contributed by atoms with E-state index in [2.05, 4.69) is 21.4 Å². The van der Waals surface area contributed by atoms with Gasteiger partial charge in [0, 0.05) is 65.3 Å². The number of hydrogen-bond donors (Lipinski definition) is 3. The number of aromatic amines is 2. The van der Waals surface area contributed by atoms with E-state index < -0.39 is 0 Å². The van der Waals surface area contributed by atoms with Gasteiger partial charge >= 0.3 is 0 Å². The fourth-order valence-electron chi connectivity index (χ4n) is 5.73. The van der Waals surface area contributed by atoms with Crippen LogP contribution >= 0.6 is 0 Å². The van der Waals surface area contributed by atoms with Crippen LogP contribution in [0.5, 0.6) is 0 Å². The van der Waals surface area contributed by atoms with Crippen LogP contribution in [0, 0.1) is 6.92 Å². The number of aromatic nitrogens is 3. The van der Waals surface area contributed by atoms with E-state index in [1.165, 1.54) is 17.0 Å². The van der Waals surface area contributed by atoms with Crippen LogP contribution in [0.2, 0.25) is 0 Å². The standard InChI is InChI=1S/C32H31N5O3/c1-20-10-11-25(31(39)33-15-12-22-19-34-27-8-4-2-6-23(22)27)30(35-20)21-13-16-37(17-14-21)32(40)26-18-29(38)36-28-9-5-3-7-24(26)28/h2-11,18-19,21,34H,12-17H2,1H3,(H,33,39)(H,36,38). The second-order valence-corrected chi connectivity index (χ2v) is 10.4. The number of nitrogens with zero attached hydrogens (tertiary/aromatic N) is 2. The number of rotatable bonds is 6. The molecule has 0 spiro atoms. The number of piperidine rings is 1. The summed E-state index contributed by atoms with van der Waals surface area (Å²) in [4.78, 5) is 51.5. The maximum atomic E-state index is 13.4. The first-order valence-corrected chi connectivity index (χ1v) is 13.7. The number of pyridine rings is 2. The molecule has 8 heteroatoms. The quantitative estimate of drug-likeness (QED) is 0.294. The highest BCUT2D eigenvalue weighted by Gasteiger charge is 2.29. The molecule has 40 heavy (non-hydrogen) atoms. The van der Waals surface area contributed by atoms with Crippen LogP contribution < -0.4 is 10.9 Å². The third-order valence-corrected chi connectivity index (χ3v) is 7.81. The summed E-state index contributed by atoms with van der Waals surface area (Å²) in [6, 6.07) is 20.6. The van der Waals surface area contributed by atoms with Gasteiger partial charge in [-0.15, -0.1) is 0 Å². The molecule has 0 radical (unpaired) electrons. The SMILES string of the molecule is Cc1ccc(C(=O)NCCc2c[nH]c3ccccc23)c(C2CCN(C(=O)c3cc(=O)[nH]c4ccccc34)CC2)n1. The van der Waals surface area contributed by atoms with Crippen molar-refractivity contribution in [2.75, 3.05) is 19.6 Å². The molecular formula is C32H31N5O3. The van der Waals surface area contributed by atoms with Gasteiger partial charge in [-0.05, 0) is 56.0 Å². The van der Waals surface area contributed by atoms with Crippen LogP contribution in [0.4, 0.5) is 0 Å². The average Bonchev–Trinajstić information content (AvgIpc) is 3.39. The first-order valence-electron chi connectivity index (χ1n) is 13.7. The van der Waals surface area contributed by atoms with E-state index in [0.29, 0.717) is 49.1 Å². The van der Waals surface area contributed by atoms with Gasteiger partial charge in [0.05, 0.1) is 16.8 Å². The van der Waals surface area contributed by atoms with Crippen molar-refractivity contribution < 1.29 is 9.59 Å². The van der Waals surface area contributed by atoms with Gasteiger partial charge in [0.1, 0.15) is 0 Å². The normalized spacial score (nSPS) is 14.1. The summed E-state index contributed by atoms with van der Waals surface area (Å²) in [6.45, 7) is 3.51. The van der Waals surface area contributed by atoms with Crippen molar-refractivity contribution in [2.24, 2.45) is 0 Å². The molecule has 8 nitrogen and oxygen atoms in total. The van der Waals surface area contributed by atoms with Crippen LogP contribution in [0.25, 0.3) is 21.8 Å². The summed E-state index contributed by atoms with van der Waals surface area (Å²) < 4.78 is 0. The van der Waals surface area contributed by atoms with Crippen LogP contribution in [0.3, 0.4) is 0 Å². The second kappa shape index (κ2) is 10.8. The Morgan fingerprint density at radius 3 is 2.48 bits per heavy atom. The minimum absolute atomic E-state index is 0.0641. The van der Waals surface area contributed by atoms with Gasteiger partial charge < -0.3 is 20.2 Å². The molecule has 1 saturated heterocycles. The third-order valence-electron chi connectivity index (χ3n) is 7.81. The van der Waals surface area contributed by atoms with E-state index in [1.807, 2.05) is 61.7 Å². The number of fused-ring (bicyclic) bond motifs is 2. The van der Waals surface area contributed by atoms with Crippen LogP contribution in [0.1, 0.15) is 56.4 Å². The van der Waals surface area contributed by atoms with Crippen molar-refractivity contribution in [3.05, 3.63) is 111 Å². The number of carbonyl (C=O) groups excluding carboxylic acids is 2. The Hall–Kier alpha value is -4.72. The molecule has 1 aliphatic heterocycles. The third kappa shape index (κ3) is 5.00. The van der Waals surface area contributed by atoms with E-state index >= 15 is 0 Å². The molecular weight excluding hydrogens is 502 g/mol. The van der Waals surface area contributed by atoms with Crippen molar-refractivity contribution in [1.82, 2.24) is 25.2 Å². The maximum absolute atomic E-state index is 13.4. The highest BCUT2D eigenvalue weighted by atomic mass is 16.2. The molecule has 0 unspecified atom stereocenters. The lowest BCUT2D eigenvalue weighted by molar-refractivity contribution is 0.0712. The molecule has 0 saturated carbocycles. The van der Waals surface area contributed by atoms with Crippen LogP contribution in [0.15, 0.2) is 77.7 Å². The average molecular weight is 534 g/mol. The first-order chi connectivity index (χ1) is 19.5. The van der Waals surface area contributed by atoms with Crippen molar-refractivity contribution in [2.45, 2.75) is 32.1 Å². The zero-order valence-electron chi connectivity index (χ0n) is 22.4. The molecule has 3 N–H and O–H groups in total. The van der Waals surface area contributed by atoms with Crippen molar-refractivity contribution in [1.29, 1.82) is 0 Å². The van der Waals surface area contributed by atoms with Crippen LogP contribution in [-0.4, -0.2) is 51.3 Å². The van der Waals surface area contributed by atoms with Gasteiger partial charge in [0.25, 0.3) is 11.8 Å². The van der Waals surface area contributed by atoms with E-state index in [4.69, 9.17) is 4.98 Å². The van der Waals surface area contributed by atoms with E-state index in [9.17, 15) is 14.4 Å². The van der Waals surface area contributed by atoms with Crippen molar-refractivity contribution >= 4 is 33.6 Å². The molecule has 2 aromatic carbocycles. The number of likely N-dealkylation sites (tertiary alicyclic amines) is 1. The minimum atomic E-state index is -0.291. The number of carbonyl (C=O) groups is 2. The summed E-state index contributed by atoms with van der Waals surface area (Å²) in [5.74, 6) is -0.210. The van der Waals surface area contributed by atoms with E-state index in [1.54, 1.807) is 11.0 Å². The molecule has 3 aromatic heterocycles. The van der Waals surface area contributed by atoms with Gasteiger partial charge in [-0.3, -0.25) is 19.4 Å². The van der Waals surface area contributed by atoms with Crippen LogP contribution in [-0.2, 0) is 6.42 Å². The van der Waals surface area contributed by atoms with Gasteiger partial charge in [0.2, 0.25) is 5.56 Å². The maximum Gasteiger partial charge on any atom is 0.254 e. The fraction of sp³-hybridized carbons (Fsp3) is 0.250. The number of para-hydroxylation sites is 2. The Morgan fingerprint density at radius 1 is 0.950 bits per heavy atom. The van der Waals surface area contributed by atoms with E-state index in [0.717, 1.165) is 28.7 Å². The molecule has 6 rings (SSSR count). The lowest BCUT2D eigenvalue weighted by Gasteiger charge is -2.32. The molecule has 202 valence electrons. The highest BCUT2D eigenvalue weighted by molar-refractivity contribution is 6.06. The molecule has 1 fully saturated rings. The van der Waals surface area contributed by atoms with Gasteiger partial charge in [-0.2, -0.15) is 0 Å². The predicted octanol–water partition coefficient (Wildman–Crippen LogP) is 4.71. The smallest absolute Gasteiger partial charge is 0.254 e. The van der Waals surface area contributed by atoms with Crippen molar-refractivity contribution in [3.63, 3.8) is 0 Å². The van der Waals surface area contributed by atoms with Crippen molar-refractivity contribution in [3.8, 4) is 0 Å². The number of H-pyrrole nitrogens is 2. The lowest BCUT2D eigenvalue weighted by atomic mass is 9.89. The number of aryl methyl sites for hydroxylation is 1. The first kappa shape index (κ1) is 25.6. The number of benzene rings is 2. The topological polar surface area (TPSA) is 111 Å². The Kier molecular flexibility index (Phi) is 6.90. The predicted molar refractivity (Wildman–Crippen MR) is 156 cm³/mol. The Morgan fingerprint density at radius 2 is 1.68 bits per heavy atom. The fourth-order valence-corrected chi connectivity index (χ4v) is 5.73.